The Kier molecular flexibility index (Phi) is 4.82. The Balaban J connectivity index is 2.91. The van der Waals surface area contributed by atoms with Crippen LogP contribution in [0.3, 0.4) is 0 Å². The molecule has 0 aromatic carbocycles. The Morgan fingerprint density at radius 3 is 2.67 bits per heavy atom. The van der Waals surface area contributed by atoms with Crippen LogP contribution in [0.1, 0.15) is 32.9 Å². The molecule has 0 aliphatic carbocycles. The summed E-state index contributed by atoms with van der Waals surface area (Å²) in [5.74, 6) is 1.34. The van der Waals surface area contributed by atoms with Gasteiger partial charge in [0.25, 0.3) is 0 Å². The summed E-state index contributed by atoms with van der Waals surface area (Å²) in [4.78, 5) is 10.9. The minimum Gasteiger partial charge on any atom is -0.353 e. The van der Waals surface area contributed by atoms with Crippen LogP contribution in [0.15, 0.2) is 12.4 Å². The highest BCUT2D eigenvalue weighted by molar-refractivity contribution is 6.16. The highest BCUT2D eigenvalue weighted by Crippen LogP contribution is 2.15. The Morgan fingerprint density at radius 1 is 1.40 bits per heavy atom. The van der Waals surface area contributed by atoms with Crippen LogP contribution in [-0.2, 0) is 5.88 Å². The van der Waals surface area contributed by atoms with Crippen molar-refractivity contribution in [3.05, 3.63) is 18.1 Å². The minimum atomic E-state index is 0.416. The van der Waals surface area contributed by atoms with Gasteiger partial charge in [0.1, 0.15) is 5.82 Å². The molecule has 0 amide bonds. The summed E-state index contributed by atoms with van der Waals surface area (Å²) in [6.07, 6.45) is 4.60. The molecule has 0 radical (unpaired) electrons. The molecular formula is C11H18ClN3. The standard InChI is InChI=1S/C11H18ClN3/c1-4-9(3)15(5-2)11-8-13-7-10(6-12)14-11/h7-9H,4-6H2,1-3H3. The van der Waals surface area contributed by atoms with Gasteiger partial charge < -0.3 is 4.90 Å². The Bertz CT molecular complexity index is 304. The van der Waals surface area contributed by atoms with E-state index < -0.39 is 0 Å². The summed E-state index contributed by atoms with van der Waals surface area (Å²) in [6.45, 7) is 7.43. The van der Waals surface area contributed by atoms with Gasteiger partial charge >= 0.3 is 0 Å². The molecule has 0 N–H and O–H groups in total. The van der Waals surface area contributed by atoms with E-state index in [1.54, 1.807) is 12.4 Å². The average molecular weight is 228 g/mol. The monoisotopic (exact) mass is 227 g/mol. The number of hydrogen-bond donors (Lipinski definition) is 0. The second-order valence-corrected chi connectivity index (χ2v) is 3.81. The van der Waals surface area contributed by atoms with Crippen molar-refractivity contribution < 1.29 is 0 Å². The number of halogens is 1. The first-order chi connectivity index (χ1) is 7.22. The maximum atomic E-state index is 5.74. The van der Waals surface area contributed by atoms with Crippen LogP contribution in [0, 0.1) is 0 Å². The Hall–Kier alpha value is -0.830. The fourth-order valence-electron chi connectivity index (χ4n) is 1.52. The third-order valence-electron chi connectivity index (χ3n) is 2.57. The molecule has 1 rings (SSSR count). The van der Waals surface area contributed by atoms with E-state index in [2.05, 4.69) is 35.6 Å². The van der Waals surface area contributed by atoms with Crippen molar-refractivity contribution in [3.8, 4) is 0 Å². The van der Waals surface area contributed by atoms with E-state index in [0.717, 1.165) is 24.5 Å². The zero-order valence-corrected chi connectivity index (χ0v) is 10.3. The van der Waals surface area contributed by atoms with Crippen molar-refractivity contribution in [1.82, 2.24) is 9.97 Å². The molecule has 0 aliphatic heterocycles. The predicted molar refractivity (Wildman–Crippen MR) is 64.4 cm³/mol. The molecule has 1 aromatic heterocycles. The van der Waals surface area contributed by atoms with Crippen molar-refractivity contribution in [2.75, 3.05) is 11.4 Å². The maximum Gasteiger partial charge on any atom is 0.147 e. The highest BCUT2D eigenvalue weighted by Gasteiger charge is 2.12. The lowest BCUT2D eigenvalue weighted by molar-refractivity contribution is 0.621. The van der Waals surface area contributed by atoms with Crippen LogP contribution in [0.5, 0.6) is 0 Å². The Morgan fingerprint density at radius 2 is 2.13 bits per heavy atom. The highest BCUT2D eigenvalue weighted by atomic mass is 35.5. The van der Waals surface area contributed by atoms with Crippen LogP contribution in [0.4, 0.5) is 5.82 Å². The molecule has 0 saturated carbocycles. The third-order valence-corrected chi connectivity index (χ3v) is 2.84. The molecule has 0 bridgehead atoms. The van der Waals surface area contributed by atoms with E-state index in [1.807, 2.05) is 0 Å². The Labute approximate surface area is 96.5 Å². The molecular weight excluding hydrogens is 210 g/mol. The molecule has 1 unspecified atom stereocenters. The van der Waals surface area contributed by atoms with Crippen molar-refractivity contribution in [3.63, 3.8) is 0 Å². The van der Waals surface area contributed by atoms with Crippen LogP contribution in [-0.4, -0.2) is 22.6 Å². The summed E-state index contributed by atoms with van der Waals surface area (Å²) in [6, 6.07) is 0.481. The zero-order valence-electron chi connectivity index (χ0n) is 9.57. The predicted octanol–water partition coefficient (Wildman–Crippen LogP) is 2.84. The lowest BCUT2D eigenvalue weighted by Crippen LogP contribution is -2.33. The normalized spacial score (nSPS) is 12.5. The fourth-order valence-corrected chi connectivity index (χ4v) is 1.65. The first-order valence-corrected chi connectivity index (χ1v) is 5.89. The smallest absolute Gasteiger partial charge is 0.147 e. The number of aromatic nitrogens is 2. The largest absolute Gasteiger partial charge is 0.353 e. The van der Waals surface area contributed by atoms with Crippen molar-refractivity contribution >= 4 is 17.4 Å². The van der Waals surface area contributed by atoms with E-state index in [-0.39, 0.29) is 0 Å². The van der Waals surface area contributed by atoms with Gasteiger partial charge in [-0.2, -0.15) is 0 Å². The van der Waals surface area contributed by atoms with Gasteiger partial charge in [-0.3, -0.25) is 4.98 Å². The first kappa shape index (κ1) is 12.2. The van der Waals surface area contributed by atoms with E-state index in [4.69, 9.17) is 11.6 Å². The topological polar surface area (TPSA) is 29.0 Å². The zero-order chi connectivity index (χ0) is 11.3. The number of anilines is 1. The first-order valence-electron chi connectivity index (χ1n) is 5.36. The van der Waals surface area contributed by atoms with Crippen molar-refractivity contribution in [2.45, 2.75) is 39.1 Å². The molecule has 1 heterocycles. The summed E-state index contributed by atoms with van der Waals surface area (Å²) in [7, 11) is 0. The van der Waals surface area contributed by atoms with Crippen LogP contribution >= 0.6 is 11.6 Å². The molecule has 0 aliphatic rings. The van der Waals surface area contributed by atoms with Gasteiger partial charge in [0.2, 0.25) is 0 Å². The average Bonchev–Trinajstić information content (AvgIpc) is 2.30. The number of hydrogen-bond acceptors (Lipinski definition) is 3. The van der Waals surface area contributed by atoms with E-state index in [0.29, 0.717) is 11.9 Å². The fraction of sp³-hybridized carbons (Fsp3) is 0.636. The molecule has 0 fully saturated rings. The van der Waals surface area contributed by atoms with Gasteiger partial charge in [0.05, 0.1) is 17.8 Å². The van der Waals surface area contributed by atoms with Gasteiger partial charge in [0, 0.05) is 18.8 Å². The number of nitrogens with zero attached hydrogens (tertiary/aromatic N) is 3. The summed E-state index contributed by atoms with van der Waals surface area (Å²) in [5.41, 5.74) is 0.830. The lowest BCUT2D eigenvalue weighted by Gasteiger charge is -2.28. The molecule has 4 heteroatoms. The quantitative estimate of drug-likeness (QED) is 0.725. The molecule has 15 heavy (non-hydrogen) atoms. The van der Waals surface area contributed by atoms with Crippen LogP contribution in [0.2, 0.25) is 0 Å². The van der Waals surface area contributed by atoms with Gasteiger partial charge in [-0.15, -0.1) is 11.6 Å². The van der Waals surface area contributed by atoms with Crippen LogP contribution < -0.4 is 4.90 Å². The van der Waals surface area contributed by atoms with E-state index >= 15 is 0 Å². The second kappa shape index (κ2) is 5.91. The van der Waals surface area contributed by atoms with Gasteiger partial charge in [-0.25, -0.2) is 4.98 Å². The van der Waals surface area contributed by atoms with Crippen molar-refractivity contribution in [1.29, 1.82) is 0 Å². The van der Waals surface area contributed by atoms with Gasteiger partial charge in [-0.05, 0) is 20.3 Å². The molecule has 1 atom stereocenters. The second-order valence-electron chi connectivity index (χ2n) is 3.55. The van der Waals surface area contributed by atoms with Gasteiger partial charge in [-0.1, -0.05) is 6.92 Å². The summed E-state index contributed by atoms with van der Waals surface area (Å²) < 4.78 is 0. The van der Waals surface area contributed by atoms with Gasteiger partial charge in [0.15, 0.2) is 0 Å². The van der Waals surface area contributed by atoms with E-state index in [1.165, 1.54) is 0 Å². The minimum absolute atomic E-state index is 0.416. The molecule has 3 nitrogen and oxygen atoms in total. The molecule has 84 valence electrons. The number of alkyl halides is 1. The lowest BCUT2D eigenvalue weighted by atomic mass is 10.2. The molecule has 0 saturated heterocycles. The van der Waals surface area contributed by atoms with Crippen LogP contribution in [0.25, 0.3) is 0 Å². The third kappa shape index (κ3) is 3.06. The SMILES string of the molecule is CCC(C)N(CC)c1cncc(CCl)n1. The van der Waals surface area contributed by atoms with E-state index in [9.17, 15) is 0 Å². The molecule has 1 aromatic rings. The number of rotatable bonds is 5. The molecule has 0 spiro atoms. The summed E-state index contributed by atoms with van der Waals surface area (Å²) in [5, 5.41) is 0. The van der Waals surface area contributed by atoms with Crippen molar-refractivity contribution in [2.24, 2.45) is 0 Å². The maximum absolute atomic E-state index is 5.74. The summed E-state index contributed by atoms with van der Waals surface area (Å²) >= 11 is 5.74.